The zero-order valence-corrected chi connectivity index (χ0v) is 15.4. The predicted molar refractivity (Wildman–Crippen MR) is 101 cm³/mol. The molecule has 5 nitrogen and oxygen atoms in total. The quantitative estimate of drug-likeness (QED) is 0.778. The molecule has 0 saturated heterocycles. The molecule has 0 aliphatic rings. The average Bonchev–Trinajstić information content (AvgIpc) is 2.58. The van der Waals surface area contributed by atoms with E-state index in [0.717, 1.165) is 0 Å². The second-order valence-corrected chi connectivity index (χ2v) is 6.25. The zero-order chi connectivity index (χ0) is 18.2. The lowest BCUT2D eigenvalue weighted by Crippen LogP contribution is -2.34. The van der Waals surface area contributed by atoms with Crippen molar-refractivity contribution in [1.29, 1.82) is 0 Å². The number of halogens is 1. The molecule has 1 N–H and O–H groups in total. The standard InChI is InChI=1S/C19H23ClN2O3/c1-14(2)25-18-7-5-4-6-17(18)21-19(23)22(3)12-13-24-16-10-8-15(20)9-11-16/h4-11,14H,12-13H2,1-3H3,(H,21,23). The summed E-state index contributed by atoms with van der Waals surface area (Å²) >= 11 is 5.83. The number of ether oxygens (including phenoxy) is 2. The van der Waals surface area contributed by atoms with Crippen LogP contribution in [0.5, 0.6) is 11.5 Å². The van der Waals surface area contributed by atoms with Gasteiger partial charge < -0.3 is 19.7 Å². The summed E-state index contributed by atoms with van der Waals surface area (Å²) in [7, 11) is 1.71. The van der Waals surface area contributed by atoms with Crippen molar-refractivity contribution in [2.75, 3.05) is 25.5 Å². The van der Waals surface area contributed by atoms with Crippen LogP contribution in [0.2, 0.25) is 5.02 Å². The number of anilines is 1. The number of amides is 2. The topological polar surface area (TPSA) is 50.8 Å². The van der Waals surface area contributed by atoms with Gasteiger partial charge in [-0.1, -0.05) is 23.7 Å². The van der Waals surface area contributed by atoms with Crippen LogP contribution in [0.15, 0.2) is 48.5 Å². The number of nitrogens with zero attached hydrogens (tertiary/aromatic N) is 1. The van der Waals surface area contributed by atoms with Gasteiger partial charge in [0.2, 0.25) is 0 Å². The molecular formula is C19H23ClN2O3. The molecule has 0 unspecified atom stereocenters. The van der Waals surface area contributed by atoms with Crippen LogP contribution in [-0.2, 0) is 0 Å². The lowest BCUT2D eigenvalue weighted by Gasteiger charge is -2.20. The summed E-state index contributed by atoms with van der Waals surface area (Å²) in [5.74, 6) is 1.37. The highest BCUT2D eigenvalue weighted by molar-refractivity contribution is 6.30. The minimum atomic E-state index is -0.223. The van der Waals surface area contributed by atoms with E-state index in [9.17, 15) is 4.79 Å². The highest BCUT2D eigenvalue weighted by atomic mass is 35.5. The van der Waals surface area contributed by atoms with Gasteiger partial charge in [0.25, 0.3) is 0 Å². The van der Waals surface area contributed by atoms with E-state index in [0.29, 0.717) is 35.4 Å². The Balaban J connectivity index is 1.85. The Labute approximate surface area is 153 Å². The van der Waals surface area contributed by atoms with E-state index in [-0.39, 0.29) is 12.1 Å². The van der Waals surface area contributed by atoms with Crippen LogP contribution in [0.25, 0.3) is 0 Å². The van der Waals surface area contributed by atoms with Crippen molar-refractivity contribution in [3.63, 3.8) is 0 Å². The number of hydrogen-bond donors (Lipinski definition) is 1. The van der Waals surface area contributed by atoms with Gasteiger partial charge in [-0.05, 0) is 50.2 Å². The number of carbonyl (C=O) groups excluding carboxylic acids is 1. The summed E-state index contributed by atoms with van der Waals surface area (Å²) in [5, 5.41) is 3.52. The number of urea groups is 1. The first-order valence-electron chi connectivity index (χ1n) is 8.12. The molecule has 0 bridgehead atoms. The van der Waals surface area contributed by atoms with Crippen molar-refractivity contribution in [2.45, 2.75) is 20.0 Å². The van der Waals surface area contributed by atoms with E-state index >= 15 is 0 Å². The van der Waals surface area contributed by atoms with Gasteiger partial charge in [0, 0.05) is 12.1 Å². The third-order valence-electron chi connectivity index (χ3n) is 3.35. The van der Waals surface area contributed by atoms with Gasteiger partial charge in [0.05, 0.1) is 18.3 Å². The lowest BCUT2D eigenvalue weighted by atomic mass is 10.3. The van der Waals surface area contributed by atoms with Crippen molar-refractivity contribution in [3.05, 3.63) is 53.6 Å². The Morgan fingerprint density at radius 1 is 1.16 bits per heavy atom. The maximum atomic E-state index is 12.3. The number of benzene rings is 2. The highest BCUT2D eigenvalue weighted by Crippen LogP contribution is 2.25. The molecule has 134 valence electrons. The Morgan fingerprint density at radius 3 is 2.52 bits per heavy atom. The SMILES string of the molecule is CC(C)Oc1ccccc1NC(=O)N(C)CCOc1ccc(Cl)cc1. The van der Waals surface area contributed by atoms with Crippen LogP contribution in [0.1, 0.15) is 13.8 Å². The number of nitrogens with one attached hydrogen (secondary N) is 1. The van der Waals surface area contributed by atoms with Crippen LogP contribution in [0.3, 0.4) is 0 Å². The second kappa shape index (κ2) is 9.18. The largest absolute Gasteiger partial charge is 0.492 e. The van der Waals surface area contributed by atoms with E-state index in [1.54, 1.807) is 36.2 Å². The zero-order valence-electron chi connectivity index (χ0n) is 14.7. The molecule has 25 heavy (non-hydrogen) atoms. The Bertz CT molecular complexity index is 689. The Kier molecular flexibility index (Phi) is 6.95. The molecule has 2 aromatic rings. The molecular weight excluding hydrogens is 340 g/mol. The fourth-order valence-corrected chi connectivity index (χ4v) is 2.20. The van der Waals surface area contributed by atoms with E-state index in [1.807, 2.05) is 38.1 Å². The van der Waals surface area contributed by atoms with E-state index in [1.165, 1.54) is 0 Å². The number of rotatable bonds is 7. The van der Waals surface area contributed by atoms with Crippen molar-refractivity contribution >= 4 is 23.3 Å². The highest BCUT2D eigenvalue weighted by Gasteiger charge is 2.12. The first kappa shape index (κ1) is 18.9. The molecule has 0 heterocycles. The van der Waals surface area contributed by atoms with Crippen molar-refractivity contribution in [2.24, 2.45) is 0 Å². The van der Waals surface area contributed by atoms with Crippen molar-refractivity contribution in [3.8, 4) is 11.5 Å². The number of likely N-dealkylation sites (N-methyl/N-ethyl adjacent to an activating group) is 1. The van der Waals surface area contributed by atoms with Gasteiger partial charge in [-0.3, -0.25) is 0 Å². The molecule has 2 rings (SSSR count). The smallest absolute Gasteiger partial charge is 0.321 e. The third-order valence-corrected chi connectivity index (χ3v) is 3.60. The molecule has 0 spiro atoms. The fourth-order valence-electron chi connectivity index (χ4n) is 2.07. The van der Waals surface area contributed by atoms with Crippen LogP contribution in [0.4, 0.5) is 10.5 Å². The van der Waals surface area contributed by atoms with Gasteiger partial charge in [0.1, 0.15) is 18.1 Å². The molecule has 0 aromatic heterocycles. The van der Waals surface area contributed by atoms with Gasteiger partial charge in [-0.25, -0.2) is 4.79 Å². The van der Waals surface area contributed by atoms with Crippen molar-refractivity contribution < 1.29 is 14.3 Å². The second-order valence-electron chi connectivity index (χ2n) is 5.82. The summed E-state index contributed by atoms with van der Waals surface area (Å²) in [6.07, 6.45) is 0.0311. The normalized spacial score (nSPS) is 10.4. The van der Waals surface area contributed by atoms with Crippen LogP contribution in [0, 0.1) is 0 Å². The van der Waals surface area contributed by atoms with Crippen LogP contribution in [-0.4, -0.2) is 37.2 Å². The maximum absolute atomic E-state index is 12.3. The molecule has 0 atom stereocenters. The Morgan fingerprint density at radius 2 is 1.84 bits per heavy atom. The predicted octanol–water partition coefficient (Wildman–Crippen LogP) is 4.67. The van der Waals surface area contributed by atoms with Gasteiger partial charge in [0.15, 0.2) is 0 Å². The maximum Gasteiger partial charge on any atom is 0.321 e. The monoisotopic (exact) mass is 362 g/mol. The lowest BCUT2D eigenvalue weighted by molar-refractivity contribution is 0.207. The summed E-state index contributed by atoms with van der Waals surface area (Å²) in [4.78, 5) is 13.9. The van der Waals surface area contributed by atoms with Crippen LogP contribution >= 0.6 is 11.6 Å². The molecule has 0 fully saturated rings. The molecule has 0 aliphatic carbocycles. The first-order valence-corrected chi connectivity index (χ1v) is 8.49. The Hall–Kier alpha value is -2.40. The summed E-state index contributed by atoms with van der Waals surface area (Å²) < 4.78 is 11.3. The fraction of sp³-hybridized carbons (Fsp3) is 0.316. The third kappa shape index (κ3) is 6.19. The van der Waals surface area contributed by atoms with Gasteiger partial charge in [-0.15, -0.1) is 0 Å². The summed E-state index contributed by atoms with van der Waals surface area (Å²) in [5.41, 5.74) is 0.645. The molecule has 2 aromatic carbocycles. The summed E-state index contributed by atoms with van der Waals surface area (Å²) in [6.45, 7) is 4.72. The minimum absolute atomic E-state index is 0.0311. The number of hydrogen-bond acceptors (Lipinski definition) is 3. The molecule has 0 saturated carbocycles. The van der Waals surface area contributed by atoms with Gasteiger partial charge >= 0.3 is 6.03 Å². The van der Waals surface area contributed by atoms with E-state index in [4.69, 9.17) is 21.1 Å². The van der Waals surface area contributed by atoms with E-state index in [2.05, 4.69) is 5.32 Å². The molecule has 0 aliphatic heterocycles. The van der Waals surface area contributed by atoms with Gasteiger partial charge in [-0.2, -0.15) is 0 Å². The molecule has 0 radical (unpaired) electrons. The molecule has 6 heteroatoms. The van der Waals surface area contributed by atoms with Crippen molar-refractivity contribution in [1.82, 2.24) is 4.90 Å². The number of carbonyl (C=O) groups is 1. The van der Waals surface area contributed by atoms with Crippen LogP contribution < -0.4 is 14.8 Å². The molecule has 2 amide bonds. The number of para-hydroxylation sites is 2. The first-order chi connectivity index (χ1) is 12.0. The minimum Gasteiger partial charge on any atom is -0.492 e. The average molecular weight is 363 g/mol. The van der Waals surface area contributed by atoms with E-state index < -0.39 is 0 Å². The summed E-state index contributed by atoms with van der Waals surface area (Å²) in [6, 6.07) is 14.3.